The fourth-order valence-corrected chi connectivity index (χ4v) is 2.82. The minimum atomic E-state index is -0.0262. The van der Waals surface area contributed by atoms with Crippen LogP contribution < -0.4 is 5.56 Å². The number of hydrogen-bond donors (Lipinski definition) is 0. The van der Waals surface area contributed by atoms with Gasteiger partial charge in [-0.15, -0.1) is 0 Å². The van der Waals surface area contributed by atoms with E-state index in [0.717, 1.165) is 29.7 Å². The number of carbonyl (C=O) groups is 1. The van der Waals surface area contributed by atoms with Crippen LogP contribution in [0.1, 0.15) is 40.0 Å². The van der Waals surface area contributed by atoms with E-state index < -0.39 is 0 Å². The summed E-state index contributed by atoms with van der Waals surface area (Å²) < 4.78 is 1.76. The Kier molecular flexibility index (Phi) is 3.26. The van der Waals surface area contributed by atoms with E-state index in [0.29, 0.717) is 13.0 Å². The first-order valence-electron chi connectivity index (χ1n) is 6.97. The first-order chi connectivity index (χ1) is 9.66. The zero-order chi connectivity index (χ0) is 14.1. The zero-order valence-corrected chi connectivity index (χ0v) is 11.6. The summed E-state index contributed by atoms with van der Waals surface area (Å²) in [5.41, 5.74) is 3.89. The minimum absolute atomic E-state index is 0.0262. The molecule has 1 heterocycles. The second-order valence-corrected chi connectivity index (χ2v) is 5.32. The number of pyridine rings is 1. The molecular weight excluding hydrogens is 250 g/mol. The number of Topliss-reactive ketones (excluding diaryl/α,β-unsaturated/α-hetero) is 1. The summed E-state index contributed by atoms with van der Waals surface area (Å²) in [4.78, 5) is 24.1. The van der Waals surface area contributed by atoms with Crippen molar-refractivity contribution in [2.24, 2.45) is 0 Å². The van der Waals surface area contributed by atoms with Crippen molar-refractivity contribution in [3.63, 3.8) is 0 Å². The van der Waals surface area contributed by atoms with E-state index in [4.69, 9.17) is 0 Å². The molecule has 3 nitrogen and oxygen atoms in total. The molecular formula is C17H17NO2. The Bertz CT molecular complexity index is 728. The lowest BCUT2D eigenvalue weighted by molar-refractivity contribution is 0.0970. The van der Waals surface area contributed by atoms with Gasteiger partial charge in [-0.3, -0.25) is 9.59 Å². The average Bonchev–Trinajstić information content (AvgIpc) is 2.44. The number of benzene rings is 1. The van der Waals surface area contributed by atoms with Crippen LogP contribution in [0.2, 0.25) is 0 Å². The summed E-state index contributed by atoms with van der Waals surface area (Å²) in [6, 6.07) is 11.3. The van der Waals surface area contributed by atoms with E-state index in [1.54, 1.807) is 10.6 Å². The second-order valence-electron chi connectivity index (χ2n) is 5.32. The van der Waals surface area contributed by atoms with Gasteiger partial charge in [-0.05, 0) is 37.0 Å². The largest absolute Gasteiger partial charge is 0.307 e. The molecule has 3 rings (SSSR count). The summed E-state index contributed by atoms with van der Waals surface area (Å²) in [6.45, 7) is 2.59. The Morgan fingerprint density at radius 1 is 1.05 bits per heavy atom. The number of nitrogens with zero attached hydrogens (tertiary/aromatic N) is 1. The van der Waals surface area contributed by atoms with Crippen molar-refractivity contribution < 1.29 is 4.79 Å². The molecule has 1 aliphatic carbocycles. The van der Waals surface area contributed by atoms with Gasteiger partial charge >= 0.3 is 0 Å². The number of fused-ring (bicyclic) bond motifs is 1. The molecule has 0 radical (unpaired) electrons. The number of hydrogen-bond acceptors (Lipinski definition) is 2. The van der Waals surface area contributed by atoms with E-state index in [-0.39, 0.29) is 11.3 Å². The Balaban J connectivity index is 2.10. The fraction of sp³-hybridized carbons (Fsp3) is 0.294. The van der Waals surface area contributed by atoms with Crippen LogP contribution in [0, 0.1) is 6.92 Å². The average molecular weight is 267 g/mol. The van der Waals surface area contributed by atoms with Gasteiger partial charge < -0.3 is 4.57 Å². The Morgan fingerprint density at radius 3 is 2.65 bits per heavy atom. The molecule has 0 aliphatic heterocycles. The van der Waals surface area contributed by atoms with Gasteiger partial charge in [-0.1, -0.05) is 24.3 Å². The highest BCUT2D eigenvalue weighted by Gasteiger charge is 2.20. The SMILES string of the molecule is Cc1ccccc1Cn1c2c(ccc1=O)C(=O)CCC2. The highest BCUT2D eigenvalue weighted by atomic mass is 16.1. The molecule has 3 heteroatoms. The summed E-state index contributed by atoms with van der Waals surface area (Å²) in [5.74, 6) is 0.157. The molecule has 0 unspecified atom stereocenters. The smallest absolute Gasteiger partial charge is 0.251 e. The number of rotatable bonds is 2. The second kappa shape index (κ2) is 5.08. The van der Waals surface area contributed by atoms with E-state index in [2.05, 4.69) is 0 Å². The highest BCUT2D eigenvalue weighted by Crippen LogP contribution is 2.20. The number of carbonyl (C=O) groups excluding carboxylic acids is 1. The first-order valence-corrected chi connectivity index (χ1v) is 6.97. The summed E-state index contributed by atoms with van der Waals surface area (Å²) >= 11 is 0. The number of aromatic nitrogens is 1. The van der Waals surface area contributed by atoms with E-state index in [9.17, 15) is 9.59 Å². The molecule has 1 aliphatic rings. The standard InChI is InChI=1S/C17H17NO2/c1-12-5-2-3-6-13(12)11-18-15-7-4-8-16(19)14(15)9-10-17(18)20/h2-3,5-6,9-10H,4,7-8,11H2,1H3. The maximum Gasteiger partial charge on any atom is 0.251 e. The number of aryl methyl sites for hydroxylation is 1. The molecule has 2 aromatic rings. The lowest BCUT2D eigenvalue weighted by atomic mass is 9.94. The molecule has 0 bridgehead atoms. The molecule has 0 saturated heterocycles. The number of ketones is 1. The van der Waals surface area contributed by atoms with Gasteiger partial charge in [0.1, 0.15) is 0 Å². The quantitative estimate of drug-likeness (QED) is 0.839. The summed E-state index contributed by atoms with van der Waals surface area (Å²) in [6.07, 6.45) is 2.24. The molecule has 0 N–H and O–H groups in total. The molecule has 0 atom stereocenters. The Labute approximate surface area is 117 Å². The molecule has 0 saturated carbocycles. The van der Waals surface area contributed by atoms with Crippen molar-refractivity contribution in [1.29, 1.82) is 0 Å². The van der Waals surface area contributed by atoms with Gasteiger partial charge in [0.25, 0.3) is 5.56 Å². The molecule has 102 valence electrons. The highest BCUT2D eigenvalue weighted by molar-refractivity contribution is 5.97. The summed E-state index contributed by atoms with van der Waals surface area (Å²) in [5, 5.41) is 0. The Morgan fingerprint density at radius 2 is 1.85 bits per heavy atom. The first kappa shape index (κ1) is 12.9. The van der Waals surface area contributed by atoms with E-state index in [1.165, 1.54) is 11.6 Å². The maximum atomic E-state index is 12.2. The molecule has 1 aromatic carbocycles. The van der Waals surface area contributed by atoms with E-state index >= 15 is 0 Å². The maximum absolute atomic E-state index is 12.2. The van der Waals surface area contributed by atoms with Crippen molar-refractivity contribution >= 4 is 5.78 Å². The van der Waals surface area contributed by atoms with Crippen LogP contribution >= 0.6 is 0 Å². The monoisotopic (exact) mass is 267 g/mol. The third-order valence-electron chi connectivity index (χ3n) is 4.00. The molecule has 0 spiro atoms. The van der Waals surface area contributed by atoms with Gasteiger partial charge in [0.05, 0.1) is 6.54 Å². The lowest BCUT2D eigenvalue weighted by Crippen LogP contribution is -2.28. The van der Waals surface area contributed by atoms with Gasteiger partial charge in [0.15, 0.2) is 5.78 Å². The molecule has 1 aromatic heterocycles. The van der Waals surface area contributed by atoms with Crippen molar-refractivity contribution in [3.05, 3.63) is 69.1 Å². The van der Waals surface area contributed by atoms with Gasteiger partial charge in [0.2, 0.25) is 0 Å². The molecule has 20 heavy (non-hydrogen) atoms. The van der Waals surface area contributed by atoms with Crippen LogP contribution in [0.25, 0.3) is 0 Å². The fourth-order valence-electron chi connectivity index (χ4n) is 2.82. The third kappa shape index (κ3) is 2.20. The topological polar surface area (TPSA) is 39.1 Å². The molecule has 0 amide bonds. The lowest BCUT2D eigenvalue weighted by Gasteiger charge is -2.20. The third-order valence-corrected chi connectivity index (χ3v) is 4.00. The zero-order valence-electron chi connectivity index (χ0n) is 11.6. The van der Waals surface area contributed by atoms with E-state index in [1.807, 2.05) is 31.2 Å². The predicted molar refractivity (Wildman–Crippen MR) is 78.3 cm³/mol. The van der Waals surface area contributed by atoms with Gasteiger partial charge in [-0.25, -0.2) is 0 Å². The Hall–Kier alpha value is -2.16. The van der Waals surface area contributed by atoms with Crippen LogP contribution in [-0.4, -0.2) is 10.4 Å². The minimum Gasteiger partial charge on any atom is -0.307 e. The van der Waals surface area contributed by atoms with Crippen LogP contribution in [0.3, 0.4) is 0 Å². The van der Waals surface area contributed by atoms with Crippen molar-refractivity contribution in [1.82, 2.24) is 4.57 Å². The van der Waals surface area contributed by atoms with Crippen molar-refractivity contribution in [3.8, 4) is 0 Å². The van der Waals surface area contributed by atoms with Gasteiger partial charge in [0, 0.05) is 23.7 Å². The van der Waals surface area contributed by atoms with Crippen LogP contribution in [0.15, 0.2) is 41.2 Å². The van der Waals surface area contributed by atoms with Crippen LogP contribution in [0.5, 0.6) is 0 Å². The normalized spacial score (nSPS) is 14.2. The summed E-state index contributed by atoms with van der Waals surface area (Å²) in [7, 11) is 0. The predicted octanol–water partition coefficient (Wildman–Crippen LogP) is 2.72. The molecule has 0 fully saturated rings. The van der Waals surface area contributed by atoms with Crippen LogP contribution in [0.4, 0.5) is 0 Å². The van der Waals surface area contributed by atoms with Gasteiger partial charge in [-0.2, -0.15) is 0 Å². The van der Waals surface area contributed by atoms with Crippen LogP contribution in [-0.2, 0) is 13.0 Å². The van der Waals surface area contributed by atoms with Crippen molar-refractivity contribution in [2.45, 2.75) is 32.7 Å². The van der Waals surface area contributed by atoms with Crippen molar-refractivity contribution in [2.75, 3.05) is 0 Å².